The molecule has 0 spiro atoms. The topological polar surface area (TPSA) is 27.8 Å². The molecule has 1 aliphatic rings. The molecule has 2 atom stereocenters. The highest BCUT2D eigenvalue weighted by Crippen LogP contribution is 2.27. The second kappa shape index (κ2) is 3.54. The molecule has 0 fully saturated rings. The highest BCUT2D eigenvalue weighted by molar-refractivity contribution is 5.27. The lowest BCUT2D eigenvalue weighted by atomic mass is 9.94. The molecule has 2 rings (SSSR count). The number of hydrogen-bond donors (Lipinski definition) is 2. The maximum absolute atomic E-state index is 3.64. The lowest BCUT2D eigenvalue weighted by Gasteiger charge is -2.29. The molecule has 0 radical (unpaired) electrons. The molecule has 1 aliphatic heterocycles. The Morgan fingerprint density at radius 3 is 3.15 bits per heavy atom. The van der Waals surface area contributed by atoms with E-state index in [4.69, 9.17) is 0 Å². The van der Waals surface area contributed by atoms with E-state index < -0.39 is 0 Å². The van der Waals surface area contributed by atoms with Crippen LogP contribution in [0.3, 0.4) is 0 Å². The van der Waals surface area contributed by atoms with Crippen LogP contribution in [-0.2, 0) is 6.42 Å². The number of hydrogen-bond acceptors (Lipinski definition) is 1. The Morgan fingerprint density at radius 1 is 1.54 bits per heavy atom. The molecule has 0 bridgehead atoms. The predicted molar refractivity (Wildman–Crippen MR) is 54.7 cm³/mol. The van der Waals surface area contributed by atoms with Gasteiger partial charge < -0.3 is 10.3 Å². The fraction of sp³-hybridized carbons (Fsp3) is 0.636. The van der Waals surface area contributed by atoms with Crippen LogP contribution in [0.4, 0.5) is 0 Å². The Kier molecular flexibility index (Phi) is 2.40. The predicted octanol–water partition coefficient (Wildman–Crippen LogP) is 2.39. The van der Waals surface area contributed by atoms with Gasteiger partial charge in [0.1, 0.15) is 0 Å². The molecule has 0 unspecified atom stereocenters. The van der Waals surface area contributed by atoms with Gasteiger partial charge in [-0.05, 0) is 25.0 Å². The van der Waals surface area contributed by atoms with Crippen LogP contribution in [0.15, 0.2) is 12.3 Å². The Hall–Kier alpha value is -0.760. The molecule has 2 nitrogen and oxygen atoms in total. The largest absolute Gasteiger partial charge is 0.365 e. The minimum atomic E-state index is 0.579. The van der Waals surface area contributed by atoms with E-state index in [1.807, 2.05) is 0 Å². The van der Waals surface area contributed by atoms with Crippen molar-refractivity contribution < 1.29 is 0 Å². The van der Waals surface area contributed by atoms with E-state index in [0.29, 0.717) is 12.1 Å². The Bertz CT molecular complexity index is 277. The van der Waals surface area contributed by atoms with Crippen LogP contribution in [0.1, 0.15) is 44.0 Å². The normalized spacial score (nSPS) is 27.2. The van der Waals surface area contributed by atoms with E-state index in [-0.39, 0.29) is 0 Å². The first kappa shape index (κ1) is 8.82. The first-order valence-corrected chi connectivity index (χ1v) is 5.23. The maximum atomic E-state index is 3.64. The van der Waals surface area contributed by atoms with Crippen LogP contribution in [0.25, 0.3) is 0 Å². The molecular weight excluding hydrogens is 160 g/mol. The molecule has 0 saturated heterocycles. The van der Waals surface area contributed by atoms with Crippen LogP contribution in [0.5, 0.6) is 0 Å². The third-order valence-electron chi connectivity index (χ3n) is 2.82. The van der Waals surface area contributed by atoms with E-state index in [1.54, 1.807) is 0 Å². The average Bonchev–Trinajstić information content (AvgIpc) is 2.52. The number of rotatable bonds is 2. The van der Waals surface area contributed by atoms with Crippen LogP contribution < -0.4 is 5.32 Å². The van der Waals surface area contributed by atoms with Crippen molar-refractivity contribution in [2.45, 2.75) is 45.2 Å². The molecule has 2 heteroatoms. The monoisotopic (exact) mass is 178 g/mol. The maximum Gasteiger partial charge on any atom is 0.0340 e. The van der Waals surface area contributed by atoms with Gasteiger partial charge in [0, 0.05) is 30.4 Å². The second-order valence-electron chi connectivity index (χ2n) is 4.02. The van der Waals surface area contributed by atoms with Gasteiger partial charge >= 0.3 is 0 Å². The van der Waals surface area contributed by atoms with Gasteiger partial charge in [-0.25, -0.2) is 0 Å². The second-order valence-corrected chi connectivity index (χ2v) is 4.02. The molecule has 0 amide bonds. The zero-order valence-corrected chi connectivity index (χ0v) is 8.43. The summed E-state index contributed by atoms with van der Waals surface area (Å²) in [6, 6.07) is 3.41. The molecule has 13 heavy (non-hydrogen) atoms. The first-order chi connectivity index (χ1) is 6.31. The number of aromatic nitrogens is 1. The number of fused-ring (bicyclic) bond motifs is 1. The molecule has 2 N–H and O–H groups in total. The molecule has 0 aromatic carbocycles. The fourth-order valence-corrected chi connectivity index (χ4v) is 2.25. The minimum absolute atomic E-state index is 0.579. The number of nitrogens with one attached hydrogen (secondary N) is 2. The van der Waals surface area contributed by atoms with Crippen LogP contribution in [0.2, 0.25) is 0 Å². The average molecular weight is 178 g/mol. The van der Waals surface area contributed by atoms with Crippen molar-refractivity contribution in [2.75, 3.05) is 0 Å². The van der Waals surface area contributed by atoms with Gasteiger partial charge in [0.2, 0.25) is 0 Å². The summed E-state index contributed by atoms with van der Waals surface area (Å²) in [6.45, 7) is 4.50. The first-order valence-electron chi connectivity index (χ1n) is 5.23. The minimum Gasteiger partial charge on any atom is -0.365 e. The van der Waals surface area contributed by atoms with E-state index in [2.05, 4.69) is 36.4 Å². The van der Waals surface area contributed by atoms with E-state index in [9.17, 15) is 0 Å². The molecular formula is C11H18N2. The van der Waals surface area contributed by atoms with Gasteiger partial charge in [-0.2, -0.15) is 0 Å². The van der Waals surface area contributed by atoms with Gasteiger partial charge in [0.15, 0.2) is 0 Å². The summed E-state index contributed by atoms with van der Waals surface area (Å²) in [7, 11) is 0. The third kappa shape index (κ3) is 1.63. The highest BCUT2D eigenvalue weighted by atomic mass is 15.0. The third-order valence-corrected chi connectivity index (χ3v) is 2.82. The van der Waals surface area contributed by atoms with Crippen molar-refractivity contribution in [3.63, 3.8) is 0 Å². The lowest BCUT2D eigenvalue weighted by Crippen LogP contribution is -2.36. The van der Waals surface area contributed by atoms with Crippen LogP contribution in [0, 0.1) is 0 Å². The van der Waals surface area contributed by atoms with Gasteiger partial charge in [-0.15, -0.1) is 0 Å². The van der Waals surface area contributed by atoms with E-state index in [0.717, 1.165) is 6.42 Å². The zero-order chi connectivity index (χ0) is 9.26. The standard InChI is InChI=1S/C11H18N2/c1-3-4-10-9-5-6-12-11(9)7-8(2)13-10/h5-6,8,10,12-13H,3-4,7H2,1-2H3/t8-,10-/m0/s1. The summed E-state index contributed by atoms with van der Waals surface area (Å²) in [6.07, 6.45) is 5.69. The summed E-state index contributed by atoms with van der Waals surface area (Å²) >= 11 is 0. The van der Waals surface area contributed by atoms with Crippen molar-refractivity contribution in [1.29, 1.82) is 0 Å². The van der Waals surface area contributed by atoms with Crippen LogP contribution in [-0.4, -0.2) is 11.0 Å². The molecule has 0 aliphatic carbocycles. The summed E-state index contributed by atoms with van der Waals surface area (Å²) in [4.78, 5) is 3.34. The summed E-state index contributed by atoms with van der Waals surface area (Å²) in [5.41, 5.74) is 2.92. The molecule has 0 saturated carbocycles. The molecule has 72 valence electrons. The summed E-state index contributed by atoms with van der Waals surface area (Å²) in [5, 5.41) is 3.64. The fourth-order valence-electron chi connectivity index (χ4n) is 2.25. The van der Waals surface area contributed by atoms with Crippen molar-refractivity contribution in [2.24, 2.45) is 0 Å². The lowest BCUT2D eigenvalue weighted by molar-refractivity contribution is 0.399. The molecule has 2 heterocycles. The van der Waals surface area contributed by atoms with Crippen molar-refractivity contribution in [3.8, 4) is 0 Å². The smallest absolute Gasteiger partial charge is 0.0340 e. The Balaban J connectivity index is 2.22. The van der Waals surface area contributed by atoms with Gasteiger partial charge in [-0.1, -0.05) is 13.3 Å². The zero-order valence-electron chi connectivity index (χ0n) is 8.43. The van der Waals surface area contributed by atoms with Gasteiger partial charge in [0.05, 0.1) is 0 Å². The highest BCUT2D eigenvalue weighted by Gasteiger charge is 2.23. The summed E-state index contributed by atoms with van der Waals surface area (Å²) < 4.78 is 0. The van der Waals surface area contributed by atoms with Crippen molar-refractivity contribution in [1.82, 2.24) is 10.3 Å². The van der Waals surface area contributed by atoms with Crippen molar-refractivity contribution in [3.05, 3.63) is 23.5 Å². The van der Waals surface area contributed by atoms with Gasteiger partial charge in [0.25, 0.3) is 0 Å². The van der Waals surface area contributed by atoms with Gasteiger partial charge in [-0.3, -0.25) is 0 Å². The van der Waals surface area contributed by atoms with E-state index >= 15 is 0 Å². The molecule has 1 aromatic heterocycles. The number of aromatic amines is 1. The summed E-state index contributed by atoms with van der Waals surface area (Å²) in [5.74, 6) is 0. The Labute approximate surface area is 79.7 Å². The quantitative estimate of drug-likeness (QED) is 0.715. The van der Waals surface area contributed by atoms with Crippen molar-refractivity contribution >= 4 is 0 Å². The SMILES string of the molecule is CCC[C@@H]1N[C@@H](C)Cc2[nH]ccc21. The van der Waals surface area contributed by atoms with E-state index in [1.165, 1.54) is 24.1 Å². The Morgan fingerprint density at radius 2 is 2.38 bits per heavy atom. The van der Waals surface area contributed by atoms with Crippen LogP contribution >= 0.6 is 0 Å². The number of H-pyrrole nitrogens is 1. The molecule has 1 aromatic rings.